The quantitative estimate of drug-likeness (QED) is 0.375. The van der Waals surface area contributed by atoms with Crippen LogP contribution in [0.25, 0.3) is 0 Å². The first-order valence-corrected chi connectivity index (χ1v) is 9.98. The number of rotatable bonds is 12. The van der Waals surface area contributed by atoms with Crippen molar-refractivity contribution in [3.05, 3.63) is 0 Å². The predicted octanol–water partition coefficient (Wildman–Crippen LogP) is 4.90. The molecule has 4 heteroatoms. The van der Waals surface area contributed by atoms with Gasteiger partial charge in [-0.3, -0.25) is 9.59 Å². The van der Waals surface area contributed by atoms with Crippen molar-refractivity contribution in [3.63, 3.8) is 0 Å². The molecule has 1 fully saturated rings. The minimum Gasteiger partial charge on any atom is -0.465 e. The van der Waals surface area contributed by atoms with Gasteiger partial charge in [0.25, 0.3) is 0 Å². The molecule has 0 amide bonds. The molecule has 0 saturated heterocycles. The molecule has 1 aliphatic carbocycles. The molecule has 4 nitrogen and oxygen atoms in total. The molecule has 140 valence electrons. The number of hydrogen-bond acceptors (Lipinski definition) is 4. The molecule has 0 aromatic heterocycles. The lowest BCUT2D eigenvalue weighted by Crippen LogP contribution is -2.37. The van der Waals surface area contributed by atoms with Gasteiger partial charge in [-0.2, -0.15) is 0 Å². The highest BCUT2D eigenvalue weighted by Gasteiger charge is 2.41. The van der Waals surface area contributed by atoms with Crippen molar-refractivity contribution >= 4 is 11.9 Å². The van der Waals surface area contributed by atoms with Gasteiger partial charge in [-0.1, -0.05) is 52.9 Å². The van der Waals surface area contributed by atoms with Crippen LogP contribution in [0.1, 0.15) is 85.0 Å². The van der Waals surface area contributed by atoms with Gasteiger partial charge in [0.2, 0.25) is 0 Å². The number of esters is 2. The third-order valence-electron chi connectivity index (χ3n) is 5.00. The Balaban J connectivity index is 2.80. The van der Waals surface area contributed by atoms with Crippen LogP contribution in [-0.4, -0.2) is 25.2 Å². The Bertz CT molecular complexity index is 361. The number of ether oxygens (including phenoxy) is 2. The van der Waals surface area contributed by atoms with Crippen molar-refractivity contribution in [1.29, 1.82) is 0 Å². The van der Waals surface area contributed by atoms with Crippen LogP contribution in [-0.2, 0) is 19.1 Å². The second-order valence-electron chi connectivity index (χ2n) is 7.01. The van der Waals surface area contributed by atoms with E-state index in [1.807, 2.05) is 0 Å². The molecule has 0 N–H and O–H groups in total. The van der Waals surface area contributed by atoms with Crippen molar-refractivity contribution in [2.24, 2.45) is 17.8 Å². The molecule has 1 rings (SSSR count). The molecule has 0 bridgehead atoms. The van der Waals surface area contributed by atoms with Crippen molar-refractivity contribution in [3.8, 4) is 0 Å². The Morgan fingerprint density at radius 3 is 1.92 bits per heavy atom. The standard InChI is InChI=1S/C20H36O4/c1-4-7-14-23-19(21)17(11-6-3)18(16-12-9-10-13-16)20(22)24-15-8-5-2/h16-18H,4-15H2,1-3H3. The Hall–Kier alpha value is -1.06. The minimum atomic E-state index is -0.343. The molecule has 24 heavy (non-hydrogen) atoms. The maximum atomic E-state index is 12.7. The molecule has 0 aromatic rings. The third kappa shape index (κ3) is 6.82. The molecular formula is C20H36O4. The summed E-state index contributed by atoms with van der Waals surface area (Å²) in [6.45, 7) is 7.12. The van der Waals surface area contributed by atoms with Crippen LogP contribution in [0.3, 0.4) is 0 Å². The van der Waals surface area contributed by atoms with Gasteiger partial charge in [0, 0.05) is 0 Å². The van der Waals surface area contributed by atoms with E-state index in [0.717, 1.165) is 57.8 Å². The lowest BCUT2D eigenvalue weighted by molar-refractivity contribution is -0.163. The molecule has 2 atom stereocenters. The zero-order valence-corrected chi connectivity index (χ0v) is 15.9. The molecule has 2 unspecified atom stereocenters. The van der Waals surface area contributed by atoms with E-state index in [2.05, 4.69) is 20.8 Å². The van der Waals surface area contributed by atoms with Crippen LogP contribution in [0.2, 0.25) is 0 Å². The number of carbonyl (C=O) groups excluding carboxylic acids is 2. The van der Waals surface area contributed by atoms with Gasteiger partial charge in [0.05, 0.1) is 25.0 Å². The molecule has 1 saturated carbocycles. The van der Waals surface area contributed by atoms with E-state index in [0.29, 0.717) is 19.6 Å². The highest BCUT2D eigenvalue weighted by atomic mass is 16.5. The van der Waals surface area contributed by atoms with Crippen molar-refractivity contribution in [2.75, 3.05) is 13.2 Å². The summed E-state index contributed by atoms with van der Waals surface area (Å²) in [6, 6.07) is 0. The molecule has 0 heterocycles. The van der Waals surface area contributed by atoms with E-state index in [1.165, 1.54) is 0 Å². The van der Waals surface area contributed by atoms with Crippen molar-refractivity contribution < 1.29 is 19.1 Å². The van der Waals surface area contributed by atoms with Crippen molar-refractivity contribution in [2.45, 2.75) is 85.0 Å². The SMILES string of the molecule is CCCCOC(=O)C(CCC)C(C(=O)OCCCC)C1CCCC1. The first-order chi connectivity index (χ1) is 11.7. The van der Waals surface area contributed by atoms with Gasteiger partial charge in [0.1, 0.15) is 0 Å². The molecule has 0 aliphatic heterocycles. The van der Waals surface area contributed by atoms with Gasteiger partial charge in [-0.25, -0.2) is 0 Å². The Morgan fingerprint density at radius 2 is 1.42 bits per heavy atom. The maximum Gasteiger partial charge on any atom is 0.310 e. The number of carbonyl (C=O) groups is 2. The van der Waals surface area contributed by atoms with Crippen molar-refractivity contribution in [1.82, 2.24) is 0 Å². The van der Waals surface area contributed by atoms with E-state index in [9.17, 15) is 9.59 Å². The monoisotopic (exact) mass is 340 g/mol. The molecular weight excluding hydrogens is 304 g/mol. The highest BCUT2D eigenvalue weighted by Crippen LogP contribution is 2.38. The fourth-order valence-electron chi connectivity index (χ4n) is 3.59. The topological polar surface area (TPSA) is 52.6 Å². The number of hydrogen-bond donors (Lipinski definition) is 0. The second-order valence-corrected chi connectivity index (χ2v) is 7.01. The zero-order valence-electron chi connectivity index (χ0n) is 15.9. The van der Waals surface area contributed by atoms with E-state index >= 15 is 0 Å². The zero-order chi connectivity index (χ0) is 17.8. The first-order valence-electron chi connectivity index (χ1n) is 9.98. The summed E-state index contributed by atoms with van der Waals surface area (Å²) in [5.74, 6) is -0.771. The lowest BCUT2D eigenvalue weighted by atomic mass is 9.78. The Morgan fingerprint density at radius 1 is 0.875 bits per heavy atom. The van der Waals surface area contributed by atoms with Crippen LogP contribution in [0.5, 0.6) is 0 Å². The van der Waals surface area contributed by atoms with Crippen LogP contribution in [0.15, 0.2) is 0 Å². The number of unbranched alkanes of at least 4 members (excludes halogenated alkanes) is 2. The summed E-state index contributed by atoms with van der Waals surface area (Å²) in [6.07, 6.45) is 9.66. The van der Waals surface area contributed by atoms with Crippen LogP contribution < -0.4 is 0 Å². The smallest absolute Gasteiger partial charge is 0.310 e. The normalized spacial score (nSPS) is 17.5. The summed E-state index contributed by atoms with van der Waals surface area (Å²) < 4.78 is 11.0. The van der Waals surface area contributed by atoms with Crippen LogP contribution in [0.4, 0.5) is 0 Å². The second kappa shape index (κ2) is 12.3. The fourth-order valence-corrected chi connectivity index (χ4v) is 3.59. The fraction of sp³-hybridized carbons (Fsp3) is 0.900. The molecule has 0 radical (unpaired) electrons. The average molecular weight is 341 g/mol. The van der Waals surface area contributed by atoms with Crippen LogP contribution >= 0.6 is 0 Å². The summed E-state index contributed by atoms with van der Waals surface area (Å²) in [4.78, 5) is 25.3. The first kappa shape index (κ1) is 21.0. The highest BCUT2D eigenvalue weighted by molar-refractivity contribution is 5.82. The lowest BCUT2D eigenvalue weighted by Gasteiger charge is -2.28. The molecule has 0 aromatic carbocycles. The minimum absolute atomic E-state index is 0.179. The van der Waals surface area contributed by atoms with E-state index in [-0.39, 0.29) is 29.7 Å². The predicted molar refractivity (Wildman–Crippen MR) is 95.6 cm³/mol. The maximum absolute atomic E-state index is 12.7. The Kier molecular flexibility index (Phi) is 10.8. The summed E-state index contributed by atoms with van der Waals surface area (Å²) in [5.41, 5.74) is 0. The Labute approximate surface area is 147 Å². The van der Waals surface area contributed by atoms with E-state index in [1.54, 1.807) is 0 Å². The van der Waals surface area contributed by atoms with E-state index in [4.69, 9.17) is 9.47 Å². The van der Waals surface area contributed by atoms with Crippen LogP contribution in [0, 0.1) is 17.8 Å². The van der Waals surface area contributed by atoms with Gasteiger partial charge < -0.3 is 9.47 Å². The summed E-state index contributed by atoms with van der Waals surface area (Å²) in [5, 5.41) is 0. The van der Waals surface area contributed by atoms with Gasteiger partial charge in [0.15, 0.2) is 0 Å². The van der Waals surface area contributed by atoms with Gasteiger partial charge >= 0.3 is 11.9 Å². The summed E-state index contributed by atoms with van der Waals surface area (Å²) in [7, 11) is 0. The molecule has 0 spiro atoms. The molecule has 1 aliphatic rings. The summed E-state index contributed by atoms with van der Waals surface area (Å²) >= 11 is 0. The van der Waals surface area contributed by atoms with E-state index < -0.39 is 0 Å². The third-order valence-corrected chi connectivity index (χ3v) is 5.00. The van der Waals surface area contributed by atoms with Gasteiger partial charge in [-0.15, -0.1) is 0 Å². The van der Waals surface area contributed by atoms with Gasteiger partial charge in [-0.05, 0) is 38.0 Å². The average Bonchev–Trinajstić information content (AvgIpc) is 3.09. The largest absolute Gasteiger partial charge is 0.465 e.